The lowest BCUT2D eigenvalue weighted by Crippen LogP contribution is -1.78. The van der Waals surface area contributed by atoms with E-state index in [2.05, 4.69) is 10.2 Å². The lowest BCUT2D eigenvalue weighted by atomic mass is 10.1. The topological polar surface area (TPSA) is 72.3 Å². The minimum atomic E-state index is 0.399. The van der Waals surface area contributed by atoms with Gasteiger partial charge in [-0.1, -0.05) is 18.2 Å². The van der Waals surface area contributed by atoms with Gasteiger partial charge in [0.1, 0.15) is 0 Å². The summed E-state index contributed by atoms with van der Waals surface area (Å²) in [6.07, 6.45) is 0. The number of hydrogen-bond acceptors (Lipinski definition) is 4. The van der Waals surface area contributed by atoms with Crippen LogP contribution in [0.1, 0.15) is 11.1 Å². The molecule has 18 heavy (non-hydrogen) atoms. The summed E-state index contributed by atoms with van der Waals surface area (Å²) in [6, 6.07) is 17.9. The van der Waals surface area contributed by atoms with Gasteiger partial charge in [0.15, 0.2) is 0 Å². The zero-order chi connectivity index (χ0) is 12.8. The van der Waals surface area contributed by atoms with Gasteiger partial charge in [0.05, 0.1) is 34.6 Å². The Morgan fingerprint density at radius 2 is 1.28 bits per heavy atom. The second-order valence-electron chi connectivity index (χ2n) is 3.53. The molecule has 0 aliphatic heterocycles. The molecule has 84 valence electrons. The van der Waals surface area contributed by atoms with Crippen molar-refractivity contribution >= 4 is 11.4 Å². The monoisotopic (exact) mass is 232 g/mol. The van der Waals surface area contributed by atoms with E-state index in [4.69, 9.17) is 10.5 Å². The molecule has 0 saturated carbocycles. The summed E-state index contributed by atoms with van der Waals surface area (Å²) in [7, 11) is 0. The molecule has 0 atom stereocenters. The largest absolute Gasteiger partial charge is 0.192 e. The lowest BCUT2D eigenvalue weighted by molar-refractivity contribution is 1.23. The summed E-state index contributed by atoms with van der Waals surface area (Å²) >= 11 is 0. The van der Waals surface area contributed by atoms with Crippen molar-refractivity contribution in [1.29, 1.82) is 10.5 Å². The summed E-state index contributed by atoms with van der Waals surface area (Å²) in [5, 5.41) is 25.7. The van der Waals surface area contributed by atoms with E-state index >= 15 is 0 Å². The molecule has 0 aromatic heterocycles. The van der Waals surface area contributed by atoms with Crippen LogP contribution in [0.2, 0.25) is 0 Å². The molecule has 0 radical (unpaired) electrons. The summed E-state index contributed by atoms with van der Waals surface area (Å²) in [4.78, 5) is 0. The average Bonchev–Trinajstić information content (AvgIpc) is 2.45. The molecule has 0 N–H and O–H groups in total. The van der Waals surface area contributed by atoms with Crippen molar-refractivity contribution in [1.82, 2.24) is 0 Å². The van der Waals surface area contributed by atoms with Gasteiger partial charge in [0.2, 0.25) is 0 Å². The molecular weight excluding hydrogens is 224 g/mol. The number of nitrogens with zero attached hydrogens (tertiary/aromatic N) is 4. The Kier molecular flexibility index (Phi) is 3.44. The fourth-order valence-corrected chi connectivity index (χ4v) is 1.41. The van der Waals surface area contributed by atoms with Crippen molar-refractivity contribution < 1.29 is 0 Å². The van der Waals surface area contributed by atoms with Crippen molar-refractivity contribution in [3.05, 3.63) is 59.7 Å². The van der Waals surface area contributed by atoms with Crippen LogP contribution >= 0.6 is 0 Å². The first-order valence-electron chi connectivity index (χ1n) is 5.24. The standard InChI is InChI=1S/C14H8N4/c15-9-11-6-12(10-16)8-14(7-11)18-17-13-4-2-1-3-5-13/h1-8H. The second-order valence-corrected chi connectivity index (χ2v) is 3.53. The molecule has 0 aliphatic rings. The third-order valence-electron chi connectivity index (χ3n) is 2.21. The van der Waals surface area contributed by atoms with Gasteiger partial charge in [-0.25, -0.2) is 0 Å². The maximum atomic E-state index is 8.84. The number of nitriles is 2. The zero-order valence-electron chi connectivity index (χ0n) is 9.41. The molecule has 0 saturated heterocycles. The summed E-state index contributed by atoms with van der Waals surface area (Å²) in [5.41, 5.74) is 2.01. The molecule has 0 unspecified atom stereocenters. The zero-order valence-corrected chi connectivity index (χ0v) is 9.41. The Hall–Kier alpha value is -2.98. The van der Waals surface area contributed by atoms with E-state index in [1.54, 1.807) is 12.1 Å². The van der Waals surface area contributed by atoms with E-state index in [9.17, 15) is 0 Å². The van der Waals surface area contributed by atoms with Crippen LogP contribution < -0.4 is 0 Å². The molecule has 0 fully saturated rings. The van der Waals surface area contributed by atoms with Gasteiger partial charge >= 0.3 is 0 Å². The molecule has 4 nitrogen and oxygen atoms in total. The first-order valence-corrected chi connectivity index (χ1v) is 5.24. The molecule has 0 bridgehead atoms. The third-order valence-corrected chi connectivity index (χ3v) is 2.21. The number of azo groups is 1. The first-order chi connectivity index (χ1) is 8.81. The molecule has 2 rings (SSSR count). The minimum Gasteiger partial charge on any atom is -0.192 e. The number of hydrogen-bond donors (Lipinski definition) is 0. The quantitative estimate of drug-likeness (QED) is 0.737. The highest BCUT2D eigenvalue weighted by atomic mass is 15.1. The summed E-state index contributed by atoms with van der Waals surface area (Å²) in [6.45, 7) is 0. The Labute approximate surface area is 104 Å². The van der Waals surface area contributed by atoms with Gasteiger partial charge in [-0.3, -0.25) is 0 Å². The van der Waals surface area contributed by atoms with E-state index in [1.165, 1.54) is 6.07 Å². The fourth-order valence-electron chi connectivity index (χ4n) is 1.41. The van der Waals surface area contributed by atoms with Crippen LogP contribution in [0.5, 0.6) is 0 Å². The Balaban J connectivity index is 2.33. The van der Waals surface area contributed by atoms with Crippen LogP contribution in [0.25, 0.3) is 0 Å². The van der Waals surface area contributed by atoms with Crippen LogP contribution in [0.3, 0.4) is 0 Å². The molecule has 4 heteroatoms. The maximum Gasteiger partial charge on any atom is 0.0992 e. The normalized spacial score (nSPS) is 9.89. The van der Waals surface area contributed by atoms with Crippen LogP contribution in [0, 0.1) is 22.7 Å². The first kappa shape index (κ1) is 11.5. The highest BCUT2D eigenvalue weighted by Crippen LogP contribution is 2.20. The highest BCUT2D eigenvalue weighted by Gasteiger charge is 1.99. The molecule has 2 aromatic carbocycles. The van der Waals surface area contributed by atoms with Crippen LogP contribution in [-0.2, 0) is 0 Å². The predicted octanol–water partition coefficient (Wildman–Crippen LogP) is 3.85. The van der Waals surface area contributed by atoms with Crippen molar-refractivity contribution in [2.75, 3.05) is 0 Å². The lowest BCUT2D eigenvalue weighted by Gasteiger charge is -1.95. The molecule has 0 aliphatic carbocycles. The van der Waals surface area contributed by atoms with Crippen LogP contribution in [0.4, 0.5) is 11.4 Å². The third kappa shape index (κ3) is 2.78. The molecule has 0 amide bonds. The van der Waals surface area contributed by atoms with Gasteiger partial charge in [0.25, 0.3) is 0 Å². The Morgan fingerprint density at radius 3 is 1.83 bits per heavy atom. The van der Waals surface area contributed by atoms with Crippen molar-refractivity contribution in [2.24, 2.45) is 10.2 Å². The summed E-state index contributed by atoms with van der Waals surface area (Å²) < 4.78 is 0. The molecule has 0 spiro atoms. The number of rotatable bonds is 2. The van der Waals surface area contributed by atoms with Gasteiger partial charge in [-0.2, -0.15) is 20.8 Å². The fraction of sp³-hybridized carbons (Fsp3) is 0. The minimum absolute atomic E-state index is 0.399. The van der Waals surface area contributed by atoms with E-state index < -0.39 is 0 Å². The van der Waals surface area contributed by atoms with E-state index in [0.29, 0.717) is 16.8 Å². The summed E-state index contributed by atoms with van der Waals surface area (Å²) in [5.74, 6) is 0. The molecule has 2 aromatic rings. The highest BCUT2D eigenvalue weighted by molar-refractivity contribution is 5.51. The van der Waals surface area contributed by atoms with E-state index in [0.717, 1.165) is 5.69 Å². The Morgan fingerprint density at radius 1 is 0.722 bits per heavy atom. The van der Waals surface area contributed by atoms with Crippen molar-refractivity contribution in [3.63, 3.8) is 0 Å². The SMILES string of the molecule is N#Cc1cc(C#N)cc(N=Nc2ccccc2)c1. The molecular formula is C14H8N4. The van der Waals surface area contributed by atoms with Gasteiger partial charge < -0.3 is 0 Å². The number of benzene rings is 2. The maximum absolute atomic E-state index is 8.84. The average molecular weight is 232 g/mol. The van der Waals surface area contributed by atoms with Crippen LogP contribution in [0.15, 0.2) is 58.8 Å². The second kappa shape index (κ2) is 5.38. The van der Waals surface area contributed by atoms with Crippen molar-refractivity contribution in [2.45, 2.75) is 0 Å². The van der Waals surface area contributed by atoms with Crippen molar-refractivity contribution in [3.8, 4) is 12.1 Å². The van der Waals surface area contributed by atoms with Gasteiger partial charge in [0, 0.05) is 0 Å². The smallest absolute Gasteiger partial charge is 0.0992 e. The van der Waals surface area contributed by atoms with Gasteiger partial charge in [-0.15, -0.1) is 0 Å². The van der Waals surface area contributed by atoms with Gasteiger partial charge in [-0.05, 0) is 30.3 Å². The van der Waals surface area contributed by atoms with Crippen LogP contribution in [-0.4, -0.2) is 0 Å². The predicted molar refractivity (Wildman–Crippen MR) is 66.5 cm³/mol. The van der Waals surface area contributed by atoms with E-state index in [1.807, 2.05) is 42.5 Å². The Bertz CT molecular complexity index is 628. The van der Waals surface area contributed by atoms with E-state index in [-0.39, 0.29) is 0 Å². The molecule has 0 heterocycles.